The van der Waals surface area contributed by atoms with Crippen LogP contribution in [0.15, 0.2) is 48.5 Å². The minimum Gasteiger partial charge on any atom is -0.485 e. The number of carbonyl (C=O) groups is 2. The lowest BCUT2D eigenvalue weighted by molar-refractivity contribution is 0.0527. The van der Waals surface area contributed by atoms with Crippen LogP contribution in [-0.2, 0) is 4.74 Å². The van der Waals surface area contributed by atoms with Gasteiger partial charge in [0.05, 0.1) is 12.2 Å². The van der Waals surface area contributed by atoms with Gasteiger partial charge in [0.2, 0.25) is 0 Å². The molecule has 0 spiro atoms. The Morgan fingerprint density at radius 2 is 1.77 bits per heavy atom. The van der Waals surface area contributed by atoms with E-state index in [4.69, 9.17) is 9.47 Å². The molecular weight excluding hydrogens is 390 g/mol. The van der Waals surface area contributed by atoms with Crippen molar-refractivity contribution in [2.24, 2.45) is 0 Å². The number of carbonyl (C=O) groups excluding carboxylic acids is 2. The highest BCUT2D eigenvalue weighted by molar-refractivity contribution is 6.06. The molecule has 5 nitrogen and oxygen atoms in total. The first-order chi connectivity index (χ1) is 15.1. The highest BCUT2D eigenvalue weighted by Gasteiger charge is 2.26. The quantitative estimate of drug-likeness (QED) is 0.354. The number of ether oxygens (including phenoxy) is 2. The molecule has 0 saturated heterocycles. The maximum absolute atomic E-state index is 12.8. The predicted octanol–water partition coefficient (Wildman–Crippen LogP) is 5.89. The van der Waals surface area contributed by atoms with Crippen molar-refractivity contribution in [2.75, 3.05) is 13.2 Å². The molecule has 2 aromatic carbocycles. The second kappa shape index (κ2) is 9.38. The Morgan fingerprint density at radius 1 is 1.03 bits per heavy atom. The number of ketones is 1. The number of benzene rings is 2. The number of Topliss-reactive ketones (excluding diaryl/α,β-unsaturated/α-hetero) is 1. The van der Waals surface area contributed by atoms with Gasteiger partial charge in [-0.25, -0.2) is 4.79 Å². The SMILES string of the molecule is CCOC(=O)c1c(C)n(C2CCCCC2)c2ccc(OCC(=O)c3ccccc3)cc12. The highest BCUT2D eigenvalue weighted by atomic mass is 16.5. The minimum absolute atomic E-state index is 0.0490. The van der Waals surface area contributed by atoms with Crippen LogP contribution in [0.3, 0.4) is 0 Å². The molecule has 3 aromatic rings. The molecule has 1 heterocycles. The molecule has 4 rings (SSSR count). The second-order valence-corrected chi connectivity index (χ2v) is 8.10. The zero-order valence-corrected chi connectivity index (χ0v) is 18.2. The Bertz CT molecular complexity index is 1080. The first-order valence-electron chi connectivity index (χ1n) is 11.1. The van der Waals surface area contributed by atoms with E-state index < -0.39 is 0 Å². The zero-order valence-electron chi connectivity index (χ0n) is 18.2. The monoisotopic (exact) mass is 419 g/mol. The smallest absolute Gasteiger partial charge is 0.340 e. The van der Waals surface area contributed by atoms with Crippen LogP contribution in [0, 0.1) is 6.92 Å². The summed E-state index contributed by atoms with van der Waals surface area (Å²) in [6, 6.07) is 15.3. The number of nitrogens with zero attached hydrogens (tertiary/aromatic N) is 1. The Labute approximate surface area is 183 Å². The van der Waals surface area contributed by atoms with Crippen molar-refractivity contribution in [1.29, 1.82) is 0 Å². The molecule has 5 heteroatoms. The number of aromatic nitrogens is 1. The predicted molar refractivity (Wildman–Crippen MR) is 121 cm³/mol. The van der Waals surface area contributed by atoms with Crippen LogP contribution in [0.4, 0.5) is 0 Å². The van der Waals surface area contributed by atoms with Crippen LogP contribution in [-0.4, -0.2) is 29.5 Å². The molecule has 1 aliphatic rings. The van der Waals surface area contributed by atoms with Gasteiger partial charge in [-0.1, -0.05) is 49.6 Å². The third kappa shape index (κ3) is 4.36. The number of esters is 1. The number of rotatable bonds is 7. The van der Waals surface area contributed by atoms with Gasteiger partial charge in [-0.3, -0.25) is 4.79 Å². The fourth-order valence-electron chi connectivity index (χ4n) is 4.64. The maximum atomic E-state index is 12.8. The number of hydrogen-bond acceptors (Lipinski definition) is 4. The summed E-state index contributed by atoms with van der Waals surface area (Å²) in [4.78, 5) is 25.2. The van der Waals surface area contributed by atoms with E-state index in [9.17, 15) is 9.59 Å². The largest absolute Gasteiger partial charge is 0.485 e. The van der Waals surface area contributed by atoms with Crippen LogP contribution < -0.4 is 4.74 Å². The van der Waals surface area contributed by atoms with Crippen molar-refractivity contribution in [2.45, 2.75) is 52.0 Å². The molecule has 1 saturated carbocycles. The fraction of sp³-hybridized carbons (Fsp3) is 0.385. The molecule has 1 fully saturated rings. The van der Waals surface area contributed by atoms with Crippen LogP contribution in [0.5, 0.6) is 5.75 Å². The molecule has 0 amide bonds. The second-order valence-electron chi connectivity index (χ2n) is 8.10. The Balaban J connectivity index is 1.67. The normalized spacial score (nSPS) is 14.5. The standard InChI is InChI=1S/C26H29NO4/c1-3-30-26(29)25-18(2)27(20-12-8-5-9-13-20)23-15-14-21(16-22(23)25)31-17-24(28)19-10-6-4-7-11-19/h4,6-7,10-11,14-16,20H,3,5,8-9,12-13,17H2,1-2H3. The summed E-state index contributed by atoms with van der Waals surface area (Å²) < 4.78 is 13.5. The van der Waals surface area contributed by atoms with Crippen LogP contribution >= 0.6 is 0 Å². The van der Waals surface area contributed by atoms with Gasteiger partial charge in [-0.2, -0.15) is 0 Å². The van der Waals surface area contributed by atoms with Crippen molar-refractivity contribution in [1.82, 2.24) is 4.57 Å². The van der Waals surface area contributed by atoms with E-state index in [2.05, 4.69) is 4.57 Å². The molecule has 31 heavy (non-hydrogen) atoms. The van der Waals surface area contributed by atoms with Gasteiger partial charge in [0.1, 0.15) is 5.75 Å². The summed E-state index contributed by atoms with van der Waals surface area (Å²) in [5.41, 5.74) is 3.18. The van der Waals surface area contributed by atoms with Crippen LogP contribution in [0.1, 0.15) is 71.5 Å². The van der Waals surface area contributed by atoms with Gasteiger partial charge < -0.3 is 14.0 Å². The van der Waals surface area contributed by atoms with E-state index in [0.717, 1.165) is 29.4 Å². The Hall–Kier alpha value is -3.08. The van der Waals surface area contributed by atoms with Gasteiger partial charge in [-0.05, 0) is 44.9 Å². The van der Waals surface area contributed by atoms with Gasteiger partial charge in [0.15, 0.2) is 12.4 Å². The third-order valence-corrected chi connectivity index (χ3v) is 6.11. The molecule has 0 radical (unpaired) electrons. The van der Waals surface area contributed by atoms with Crippen molar-refractivity contribution in [3.05, 3.63) is 65.4 Å². The summed E-state index contributed by atoms with van der Waals surface area (Å²) in [7, 11) is 0. The van der Waals surface area contributed by atoms with Gasteiger partial charge in [0.25, 0.3) is 0 Å². The summed E-state index contributed by atoms with van der Waals surface area (Å²) in [6.45, 7) is 4.10. The van der Waals surface area contributed by atoms with Gasteiger partial charge >= 0.3 is 5.97 Å². The average molecular weight is 420 g/mol. The zero-order chi connectivity index (χ0) is 21.8. The highest BCUT2D eigenvalue weighted by Crippen LogP contribution is 2.37. The summed E-state index contributed by atoms with van der Waals surface area (Å²) in [6.07, 6.45) is 5.93. The van der Waals surface area contributed by atoms with Gasteiger partial charge in [-0.15, -0.1) is 0 Å². The third-order valence-electron chi connectivity index (χ3n) is 6.11. The molecule has 1 aliphatic carbocycles. The molecule has 0 bridgehead atoms. The van der Waals surface area contributed by atoms with E-state index in [0.29, 0.717) is 29.5 Å². The number of fused-ring (bicyclic) bond motifs is 1. The van der Waals surface area contributed by atoms with E-state index >= 15 is 0 Å². The number of hydrogen-bond donors (Lipinski definition) is 0. The first-order valence-corrected chi connectivity index (χ1v) is 11.1. The average Bonchev–Trinajstić information content (AvgIpc) is 3.09. The fourth-order valence-corrected chi connectivity index (χ4v) is 4.64. The summed E-state index contributed by atoms with van der Waals surface area (Å²) >= 11 is 0. The molecule has 0 aliphatic heterocycles. The van der Waals surface area contributed by atoms with Crippen LogP contribution in [0.2, 0.25) is 0 Å². The summed E-state index contributed by atoms with van der Waals surface area (Å²) in [5, 5.41) is 0.825. The lowest BCUT2D eigenvalue weighted by atomic mass is 9.95. The summed E-state index contributed by atoms with van der Waals surface area (Å²) in [5.74, 6) is 0.183. The van der Waals surface area contributed by atoms with Gasteiger partial charge in [0, 0.05) is 28.2 Å². The lowest BCUT2D eigenvalue weighted by Gasteiger charge is -2.26. The minimum atomic E-state index is -0.308. The van der Waals surface area contributed by atoms with Crippen molar-refractivity contribution < 1.29 is 19.1 Å². The van der Waals surface area contributed by atoms with E-state index in [1.165, 1.54) is 19.3 Å². The van der Waals surface area contributed by atoms with Crippen molar-refractivity contribution >= 4 is 22.7 Å². The van der Waals surface area contributed by atoms with Crippen molar-refractivity contribution in [3.8, 4) is 5.75 Å². The molecule has 0 unspecified atom stereocenters. The molecule has 1 aromatic heterocycles. The van der Waals surface area contributed by atoms with Crippen LogP contribution in [0.25, 0.3) is 10.9 Å². The Kier molecular flexibility index (Phi) is 6.40. The van der Waals surface area contributed by atoms with E-state index in [1.807, 2.05) is 50.2 Å². The van der Waals surface area contributed by atoms with E-state index in [1.54, 1.807) is 12.1 Å². The van der Waals surface area contributed by atoms with E-state index in [-0.39, 0.29) is 18.4 Å². The topological polar surface area (TPSA) is 57.5 Å². The first kappa shape index (κ1) is 21.2. The Morgan fingerprint density at radius 3 is 2.48 bits per heavy atom. The molecular formula is C26H29NO4. The molecule has 0 atom stereocenters. The molecule has 0 N–H and O–H groups in total. The lowest BCUT2D eigenvalue weighted by Crippen LogP contribution is -2.15. The maximum Gasteiger partial charge on any atom is 0.340 e. The van der Waals surface area contributed by atoms with Crippen molar-refractivity contribution in [3.63, 3.8) is 0 Å². The molecule has 162 valence electrons.